The molecule has 0 saturated carbocycles. The van der Waals surface area contributed by atoms with Crippen LogP contribution >= 0.6 is 0 Å². The second-order valence-electron chi connectivity index (χ2n) is 3.16. The van der Waals surface area contributed by atoms with Gasteiger partial charge in [-0.3, -0.25) is 5.10 Å². The Hall–Kier alpha value is -2.99. The summed E-state index contributed by atoms with van der Waals surface area (Å²) >= 11 is 0. The maximum absolute atomic E-state index is 9.05. The molecule has 0 bridgehead atoms. The van der Waals surface area contributed by atoms with E-state index in [0.29, 0.717) is 11.5 Å². The highest BCUT2D eigenvalue weighted by Crippen LogP contribution is 2.22. The van der Waals surface area contributed by atoms with Crippen LogP contribution < -0.4 is 5.73 Å². The molecule has 0 aromatic carbocycles. The van der Waals surface area contributed by atoms with E-state index in [-0.39, 0.29) is 17.0 Å². The van der Waals surface area contributed by atoms with E-state index < -0.39 is 0 Å². The summed E-state index contributed by atoms with van der Waals surface area (Å²) in [5.41, 5.74) is 6.18. The highest BCUT2D eigenvalue weighted by molar-refractivity contribution is 5.90. The van der Waals surface area contributed by atoms with Crippen molar-refractivity contribution < 1.29 is 4.42 Å². The van der Waals surface area contributed by atoms with Gasteiger partial charge in [0.1, 0.15) is 23.5 Å². The minimum Gasteiger partial charge on any atom is -0.465 e. The van der Waals surface area contributed by atoms with Gasteiger partial charge in [0, 0.05) is 6.08 Å². The Bertz CT molecular complexity index is 636. The van der Waals surface area contributed by atoms with Gasteiger partial charge in [-0.2, -0.15) is 15.6 Å². The van der Waals surface area contributed by atoms with Gasteiger partial charge in [-0.05, 0) is 12.1 Å². The zero-order chi connectivity index (χ0) is 12.3. The molecule has 0 saturated heterocycles. The molecule has 0 radical (unpaired) electrons. The average molecular weight is 225 g/mol. The first-order valence-corrected chi connectivity index (χ1v) is 4.66. The fraction of sp³-hybridized carbons (Fsp3) is 0. The number of rotatable bonds is 2. The Morgan fingerprint density at radius 2 is 2.35 bits per heavy atom. The predicted molar refractivity (Wildman–Crippen MR) is 59.9 cm³/mol. The summed E-state index contributed by atoms with van der Waals surface area (Å²) in [5.74, 6) is 0.585. The highest BCUT2D eigenvalue weighted by Gasteiger charge is 2.14. The van der Waals surface area contributed by atoms with E-state index in [9.17, 15) is 0 Å². The van der Waals surface area contributed by atoms with E-state index in [2.05, 4.69) is 10.2 Å². The van der Waals surface area contributed by atoms with Crippen LogP contribution in [0.1, 0.15) is 17.0 Å². The van der Waals surface area contributed by atoms with E-state index in [1.165, 1.54) is 12.3 Å². The molecule has 6 nitrogen and oxygen atoms in total. The predicted octanol–water partition coefficient (Wildman–Crippen LogP) is 1.52. The van der Waals surface area contributed by atoms with Crippen molar-refractivity contribution in [3.05, 3.63) is 35.4 Å². The highest BCUT2D eigenvalue weighted by atomic mass is 16.3. The Balaban J connectivity index is 2.51. The molecular formula is C11H7N5O. The minimum absolute atomic E-state index is 0.0723. The lowest BCUT2D eigenvalue weighted by atomic mass is 10.1. The van der Waals surface area contributed by atoms with Crippen LogP contribution in [0.25, 0.3) is 11.6 Å². The summed E-state index contributed by atoms with van der Waals surface area (Å²) in [6.45, 7) is 0. The number of nitriles is 2. The lowest BCUT2D eigenvalue weighted by molar-refractivity contribution is 0.557. The van der Waals surface area contributed by atoms with Crippen molar-refractivity contribution in [1.29, 1.82) is 10.5 Å². The normalized spacial score (nSPS) is 10.8. The number of aromatic nitrogens is 2. The molecule has 3 N–H and O–H groups in total. The Morgan fingerprint density at radius 1 is 1.53 bits per heavy atom. The van der Waals surface area contributed by atoms with Crippen LogP contribution in [0, 0.1) is 22.7 Å². The van der Waals surface area contributed by atoms with Crippen LogP contribution in [0.5, 0.6) is 0 Å². The third kappa shape index (κ3) is 1.87. The average Bonchev–Trinajstić information content (AvgIpc) is 2.95. The van der Waals surface area contributed by atoms with Crippen molar-refractivity contribution in [3.8, 4) is 12.1 Å². The summed E-state index contributed by atoms with van der Waals surface area (Å²) in [6, 6.07) is 7.26. The Morgan fingerprint density at radius 3 is 2.94 bits per heavy atom. The number of anilines is 1. The quantitative estimate of drug-likeness (QED) is 0.751. The first-order valence-electron chi connectivity index (χ1n) is 4.66. The van der Waals surface area contributed by atoms with Gasteiger partial charge in [-0.25, -0.2) is 0 Å². The molecule has 0 aliphatic rings. The van der Waals surface area contributed by atoms with Crippen molar-refractivity contribution >= 4 is 17.5 Å². The standard InChI is InChI=1S/C11H7N5O/c12-5-7(4-8-2-1-3-17-8)10-9(6-13)11(14)16-15-10/h1-4H,(H3,14,15,16). The molecular weight excluding hydrogens is 218 g/mol. The summed E-state index contributed by atoms with van der Waals surface area (Å²) in [7, 11) is 0. The summed E-state index contributed by atoms with van der Waals surface area (Å²) < 4.78 is 5.09. The molecule has 2 aromatic rings. The molecule has 0 aliphatic heterocycles. The Labute approximate surface area is 96.6 Å². The molecule has 2 aromatic heterocycles. The van der Waals surface area contributed by atoms with Crippen molar-refractivity contribution in [2.24, 2.45) is 0 Å². The van der Waals surface area contributed by atoms with Gasteiger partial charge < -0.3 is 10.2 Å². The monoisotopic (exact) mass is 225 g/mol. The maximum atomic E-state index is 9.05. The van der Waals surface area contributed by atoms with E-state index in [1.807, 2.05) is 12.1 Å². The van der Waals surface area contributed by atoms with Crippen LogP contribution in [-0.4, -0.2) is 10.2 Å². The fourth-order valence-electron chi connectivity index (χ4n) is 1.34. The smallest absolute Gasteiger partial charge is 0.163 e. The molecule has 17 heavy (non-hydrogen) atoms. The van der Waals surface area contributed by atoms with Crippen LogP contribution in [-0.2, 0) is 0 Å². The lowest BCUT2D eigenvalue weighted by Gasteiger charge is -1.94. The van der Waals surface area contributed by atoms with Gasteiger partial charge in [-0.1, -0.05) is 0 Å². The third-order valence-electron chi connectivity index (χ3n) is 2.13. The number of H-pyrrole nitrogens is 1. The number of hydrogen-bond acceptors (Lipinski definition) is 5. The van der Waals surface area contributed by atoms with Crippen molar-refractivity contribution in [1.82, 2.24) is 10.2 Å². The minimum atomic E-state index is 0.0723. The number of hydrogen-bond donors (Lipinski definition) is 2. The number of nitrogen functional groups attached to an aromatic ring is 1. The summed E-state index contributed by atoms with van der Waals surface area (Å²) in [5, 5.41) is 24.2. The zero-order valence-electron chi connectivity index (χ0n) is 8.64. The number of aromatic amines is 1. The summed E-state index contributed by atoms with van der Waals surface area (Å²) in [6.07, 6.45) is 3.00. The van der Waals surface area contributed by atoms with Crippen LogP contribution in [0.2, 0.25) is 0 Å². The third-order valence-corrected chi connectivity index (χ3v) is 2.13. The number of nitrogens with one attached hydrogen (secondary N) is 1. The maximum Gasteiger partial charge on any atom is 0.163 e. The van der Waals surface area contributed by atoms with Gasteiger partial charge in [0.2, 0.25) is 0 Å². The first-order chi connectivity index (χ1) is 8.26. The molecule has 0 amide bonds. The molecule has 0 fully saturated rings. The SMILES string of the molecule is N#CC(=Cc1ccco1)c1[nH]nc(N)c1C#N. The molecule has 2 heterocycles. The molecule has 2 rings (SSSR count). The number of allylic oxidation sites excluding steroid dienone is 1. The van der Waals surface area contributed by atoms with E-state index >= 15 is 0 Å². The van der Waals surface area contributed by atoms with Crippen LogP contribution in [0.4, 0.5) is 5.82 Å². The van der Waals surface area contributed by atoms with Gasteiger partial charge >= 0.3 is 0 Å². The molecule has 6 heteroatoms. The van der Waals surface area contributed by atoms with E-state index in [0.717, 1.165) is 0 Å². The van der Waals surface area contributed by atoms with Gasteiger partial charge in [0.15, 0.2) is 5.82 Å². The van der Waals surface area contributed by atoms with Crippen molar-refractivity contribution in [3.63, 3.8) is 0 Å². The molecule has 0 spiro atoms. The first kappa shape index (κ1) is 10.5. The van der Waals surface area contributed by atoms with Gasteiger partial charge in [0.05, 0.1) is 17.5 Å². The van der Waals surface area contributed by atoms with E-state index in [1.54, 1.807) is 12.1 Å². The second kappa shape index (κ2) is 4.25. The van der Waals surface area contributed by atoms with Crippen LogP contribution in [0.3, 0.4) is 0 Å². The topological polar surface area (TPSA) is 115 Å². The van der Waals surface area contributed by atoms with Crippen molar-refractivity contribution in [2.45, 2.75) is 0 Å². The number of nitrogens with two attached hydrogens (primary N) is 1. The number of nitrogens with zero attached hydrogens (tertiary/aromatic N) is 3. The van der Waals surface area contributed by atoms with Crippen molar-refractivity contribution in [2.75, 3.05) is 5.73 Å². The summed E-state index contributed by atoms with van der Waals surface area (Å²) in [4.78, 5) is 0. The number of furan rings is 1. The van der Waals surface area contributed by atoms with Gasteiger partial charge in [-0.15, -0.1) is 0 Å². The Kier molecular flexibility index (Phi) is 2.63. The zero-order valence-corrected chi connectivity index (χ0v) is 8.64. The van der Waals surface area contributed by atoms with Crippen LogP contribution in [0.15, 0.2) is 22.8 Å². The second-order valence-corrected chi connectivity index (χ2v) is 3.16. The molecule has 82 valence electrons. The lowest BCUT2D eigenvalue weighted by Crippen LogP contribution is -1.89. The molecule has 0 aliphatic carbocycles. The van der Waals surface area contributed by atoms with Gasteiger partial charge in [0.25, 0.3) is 0 Å². The molecule has 0 unspecified atom stereocenters. The largest absolute Gasteiger partial charge is 0.465 e. The van der Waals surface area contributed by atoms with E-state index in [4.69, 9.17) is 20.7 Å². The fourth-order valence-corrected chi connectivity index (χ4v) is 1.34. The molecule has 0 atom stereocenters.